The van der Waals surface area contributed by atoms with Crippen LogP contribution in [-0.2, 0) is 0 Å². The molecule has 18 heavy (non-hydrogen) atoms. The van der Waals surface area contributed by atoms with E-state index in [0.717, 1.165) is 23.4 Å². The first-order valence-electron chi connectivity index (χ1n) is 5.90. The SMILES string of the molecule is CC/C(C)=N/N1C(Cl)=Nc2ccc(Cl)cc2C1C. The quantitative estimate of drug-likeness (QED) is 0.570. The Kier molecular flexibility index (Phi) is 3.93. The van der Waals surface area contributed by atoms with Gasteiger partial charge in [0, 0.05) is 16.3 Å². The zero-order valence-electron chi connectivity index (χ0n) is 10.6. The van der Waals surface area contributed by atoms with Crippen LogP contribution in [0, 0.1) is 0 Å². The van der Waals surface area contributed by atoms with Gasteiger partial charge in [-0.3, -0.25) is 0 Å². The summed E-state index contributed by atoms with van der Waals surface area (Å²) in [7, 11) is 0. The maximum Gasteiger partial charge on any atom is 0.220 e. The average Bonchev–Trinajstić information content (AvgIpc) is 2.35. The molecule has 1 heterocycles. The van der Waals surface area contributed by atoms with Crippen molar-refractivity contribution in [3.63, 3.8) is 0 Å². The molecule has 1 aromatic rings. The predicted octanol–water partition coefficient (Wildman–Crippen LogP) is 4.73. The van der Waals surface area contributed by atoms with E-state index >= 15 is 0 Å². The molecule has 0 N–H and O–H groups in total. The molecule has 1 aliphatic heterocycles. The molecule has 0 fully saturated rings. The first-order chi connectivity index (χ1) is 8.52. The summed E-state index contributed by atoms with van der Waals surface area (Å²) in [6.45, 7) is 6.08. The standard InChI is InChI=1S/C13H15Cl2N3/c1-4-8(2)17-18-9(3)11-7-10(14)5-6-12(11)16-13(18)15/h5-7,9H,4H2,1-3H3/b17-8+. The number of nitrogens with zero attached hydrogens (tertiary/aromatic N) is 3. The monoisotopic (exact) mass is 283 g/mol. The Balaban J connectivity index is 2.45. The lowest BCUT2D eigenvalue weighted by Gasteiger charge is -2.30. The molecular formula is C13H15Cl2N3. The molecule has 1 aliphatic rings. The second-order valence-corrected chi connectivity index (χ2v) is 5.07. The highest BCUT2D eigenvalue weighted by Gasteiger charge is 2.26. The van der Waals surface area contributed by atoms with Gasteiger partial charge in [-0.2, -0.15) is 5.10 Å². The summed E-state index contributed by atoms with van der Waals surface area (Å²) in [4.78, 5) is 4.35. The maximum absolute atomic E-state index is 6.18. The fourth-order valence-electron chi connectivity index (χ4n) is 1.79. The van der Waals surface area contributed by atoms with E-state index in [1.807, 2.05) is 32.0 Å². The lowest BCUT2D eigenvalue weighted by Crippen LogP contribution is -2.29. The van der Waals surface area contributed by atoms with Crippen LogP contribution < -0.4 is 0 Å². The highest BCUT2D eigenvalue weighted by Crippen LogP contribution is 2.37. The lowest BCUT2D eigenvalue weighted by atomic mass is 10.1. The Hall–Kier alpha value is -1.06. The van der Waals surface area contributed by atoms with Gasteiger partial charge < -0.3 is 0 Å². The van der Waals surface area contributed by atoms with Crippen LogP contribution in [0.2, 0.25) is 5.02 Å². The van der Waals surface area contributed by atoms with Crippen molar-refractivity contribution in [1.29, 1.82) is 0 Å². The van der Waals surface area contributed by atoms with Crippen LogP contribution >= 0.6 is 23.2 Å². The number of benzene rings is 1. The number of hydrogen-bond acceptors (Lipinski definition) is 3. The first-order valence-corrected chi connectivity index (χ1v) is 6.65. The van der Waals surface area contributed by atoms with Gasteiger partial charge in [-0.15, -0.1) is 0 Å². The minimum absolute atomic E-state index is 0.0326. The number of aliphatic imine (C=N–C) groups is 1. The van der Waals surface area contributed by atoms with Crippen LogP contribution in [0.1, 0.15) is 38.8 Å². The number of hydrogen-bond donors (Lipinski definition) is 0. The van der Waals surface area contributed by atoms with Gasteiger partial charge in [0.05, 0.1) is 11.7 Å². The normalized spacial score (nSPS) is 19.6. The van der Waals surface area contributed by atoms with E-state index in [1.165, 1.54) is 0 Å². The third kappa shape index (κ3) is 2.52. The molecular weight excluding hydrogens is 269 g/mol. The van der Waals surface area contributed by atoms with Crippen LogP contribution in [0.5, 0.6) is 0 Å². The molecule has 1 atom stereocenters. The Labute approximate surface area is 117 Å². The topological polar surface area (TPSA) is 28.0 Å². The van der Waals surface area contributed by atoms with Crippen molar-refractivity contribution >= 4 is 39.9 Å². The van der Waals surface area contributed by atoms with E-state index < -0.39 is 0 Å². The number of rotatable bonds is 2. The molecule has 3 nitrogen and oxygen atoms in total. The highest BCUT2D eigenvalue weighted by atomic mass is 35.5. The molecule has 5 heteroatoms. The summed E-state index contributed by atoms with van der Waals surface area (Å²) >= 11 is 12.2. The Morgan fingerprint density at radius 1 is 1.44 bits per heavy atom. The molecule has 0 saturated carbocycles. The molecule has 0 saturated heterocycles. The molecule has 0 amide bonds. The van der Waals surface area contributed by atoms with Crippen molar-refractivity contribution in [2.24, 2.45) is 10.1 Å². The van der Waals surface area contributed by atoms with Gasteiger partial charge in [-0.05, 0) is 50.1 Å². The minimum Gasteiger partial charge on any atom is -0.231 e. The third-order valence-electron chi connectivity index (χ3n) is 3.00. The first kappa shape index (κ1) is 13.4. The summed E-state index contributed by atoms with van der Waals surface area (Å²) in [5.74, 6) is 0. The smallest absolute Gasteiger partial charge is 0.220 e. The van der Waals surface area contributed by atoms with Crippen LogP contribution in [-0.4, -0.2) is 16.0 Å². The van der Waals surface area contributed by atoms with E-state index in [9.17, 15) is 0 Å². The minimum atomic E-state index is 0.0326. The molecule has 0 aromatic heterocycles. The third-order valence-corrected chi connectivity index (χ3v) is 3.49. The van der Waals surface area contributed by atoms with Crippen molar-refractivity contribution < 1.29 is 0 Å². The second kappa shape index (κ2) is 5.29. The van der Waals surface area contributed by atoms with Gasteiger partial charge in [0.15, 0.2) is 0 Å². The summed E-state index contributed by atoms with van der Waals surface area (Å²) < 4.78 is 0. The Morgan fingerprint density at radius 2 is 2.17 bits per heavy atom. The van der Waals surface area contributed by atoms with Gasteiger partial charge in [-0.1, -0.05) is 18.5 Å². The molecule has 96 valence electrons. The summed E-state index contributed by atoms with van der Waals surface area (Å²) in [6, 6.07) is 5.64. The molecule has 0 radical (unpaired) electrons. The second-order valence-electron chi connectivity index (χ2n) is 4.29. The number of fused-ring (bicyclic) bond motifs is 1. The summed E-state index contributed by atoms with van der Waals surface area (Å²) in [5, 5.41) is 7.32. The molecule has 0 bridgehead atoms. The van der Waals surface area contributed by atoms with Crippen molar-refractivity contribution in [2.45, 2.75) is 33.2 Å². The zero-order chi connectivity index (χ0) is 13.3. The van der Waals surface area contributed by atoms with Crippen molar-refractivity contribution in [3.8, 4) is 0 Å². The highest BCUT2D eigenvalue weighted by molar-refractivity contribution is 6.65. The van der Waals surface area contributed by atoms with Crippen LogP contribution in [0.15, 0.2) is 28.3 Å². The Bertz CT molecular complexity index is 523. The fourth-order valence-corrected chi connectivity index (χ4v) is 2.24. The van der Waals surface area contributed by atoms with Crippen LogP contribution in [0.25, 0.3) is 0 Å². The summed E-state index contributed by atoms with van der Waals surface area (Å²) in [6.07, 6.45) is 0.885. The number of amidine groups is 1. The number of halogens is 2. The van der Waals surface area contributed by atoms with E-state index in [4.69, 9.17) is 23.2 Å². The van der Waals surface area contributed by atoms with Gasteiger partial charge >= 0.3 is 0 Å². The maximum atomic E-state index is 6.18. The van der Waals surface area contributed by atoms with E-state index in [-0.39, 0.29) is 6.04 Å². The largest absolute Gasteiger partial charge is 0.231 e. The van der Waals surface area contributed by atoms with Gasteiger partial charge in [0.1, 0.15) is 0 Å². The molecule has 2 rings (SSSR count). The van der Waals surface area contributed by atoms with Crippen molar-refractivity contribution in [3.05, 3.63) is 28.8 Å². The van der Waals surface area contributed by atoms with Crippen LogP contribution in [0.4, 0.5) is 5.69 Å². The van der Waals surface area contributed by atoms with E-state index in [2.05, 4.69) is 17.0 Å². The van der Waals surface area contributed by atoms with Gasteiger partial charge in [0.2, 0.25) is 5.29 Å². The van der Waals surface area contributed by atoms with Crippen molar-refractivity contribution in [1.82, 2.24) is 5.01 Å². The number of hydrazone groups is 1. The summed E-state index contributed by atoms with van der Waals surface area (Å²) in [5.41, 5.74) is 2.91. The molecule has 1 unspecified atom stereocenters. The van der Waals surface area contributed by atoms with Gasteiger partial charge in [0.25, 0.3) is 0 Å². The average molecular weight is 284 g/mol. The lowest BCUT2D eigenvalue weighted by molar-refractivity contribution is 0.354. The Morgan fingerprint density at radius 3 is 2.83 bits per heavy atom. The van der Waals surface area contributed by atoms with E-state index in [1.54, 1.807) is 5.01 Å². The van der Waals surface area contributed by atoms with E-state index in [0.29, 0.717) is 10.3 Å². The fraction of sp³-hybridized carbons (Fsp3) is 0.385. The van der Waals surface area contributed by atoms with Crippen molar-refractivity contribution in [2.75, 3.05) is 0 Å². The predicted molar refractivity (Wildman–Crippen MR) is 78.1 cm³/mol. The molecule has 1 aromatic carbocycles. The molecule has 0 spiro atoms. The van der Waals surface area contributed by atoms with Gasteiger partial charge in [-0.25, -0.2) is 10.0 Å². The zero-order valence-corrected chi connectivity index (χ0v) is 12.1. The molecule has 0 aliphatic carbocycles. The van der Waals surface area contributed by atoms with Crippen LogP contribution in [0.3, 0.4) is 0 Å².